The van der Waals surface area contributed by atoms with E-state index in [2.05, 4.69) is 20.4 Å². The second-order valence-electron chi connectivity index (χ2n) is 8.10. The van der Waals surface area contributed by atoms with E-state index < -0.39 is 23.2 Å². The van der Waals surface area contributed by atoms with E-state index >= 15 is 0 Å². The zero-order valence-electron chi connectivity index (χ0n) is 19.2. The number of anilines is 1. The zero-order valence-corrected chi connectivity index (χ0v) is 19.2. The van der Waals surface area contributed by atoms with Crippen molar-refractivity contribution in [3.8, 4) is 17.2 Å². The number of rotatable bonds is 5. The number of fused-ring (bicyclic) bond motifs is 1. The summed E-state index contributed by atoms with van der Waals surface area (Å²) >= 11 is 0. The van der Waals surface area contributed by atoms with Gasteiger partial charge in [-0.25, -0.2) is 4.98 Å². The highest BCUT2D eigenvalue weighted by Crippen LogP contribution is 2.30. The van der Waals surface area contributed by atoms with Crippen molar-refractivity contribution >= 4 is 22.6 Å². The van der Waals surface area contributed by atoms with Gasteiger partial charge < -0.3 is 15.0 Å². The fraction of sp³-hybridized carbons (Fsp3) is 0.0769. The molecule has 5 rings (SSSR count). The molecule has 0 saturated carbocycles. The minimum absolute atomic E-state index is 0.107. The van der Waals surface area contributed by atoms with Crippen molar-refractivity contribution in [1.29, 1.82) is 0 Å². The Bertz CT molecular complexity index is 1670. The molecule has 186 valence electrons. The highest BCUT2D eigenvalue weighted by molar-refractivity contribution is 6.03. The standard InChI is InChI=1S/C26H18F3N5O3/c1-15-13-22(35)34(18-4-2-3-16(14-18)26(27,28)29)33-23(15)25(36)32-17-5-7-19(8-6-17)37-21-10-12-31-24-20(21)9-11-30-24/h2-14H,1H3,(H,30,31)(H,32,36). The van der Waals surface area contributed by atoms with Gasteiger partial charge in [0.15, 0.2) is 5.69 Å². The lowest BCUT2D eigenvalue weighted by atomic mass is 10.2. The summed E-state index contributed by atoms with van der Waals surface area (Å²) < 4.78 is 46.0. The van der Waals surface area contributed by atoms with Gasteiger partial charge in [0.25, 0.3) is 11.5 Å². The molecule has 11 heteroatoms. The van der Waals surface area contributed by atoms with Crippen molar-refractivity contribution in [2.24, 2.45) is 0 Å². The molecule has 0 aliphatic rings. The molecule has 37 heavy (non-hydrogen) atoms. The Balaban J connectivity index is 1.37. The number of amides is 1. The first-order valence-corrected chi connectivity index (χ1v) is 11.0. The van der Waals surface area contributed by atoms with Crippen molar-refractivity contribution in [3.63, 3.8) is 0 Å². The molecule has 1 amide bonds. The molecule has 0 aliphatic heterocycles. The quantitative estimate of drug-likeness (QED) is 0.329. The van der Waals surface area contributed by atoms with Gasteiger partial charge in [-0.15, -0.1) is 0 Å². The number of hydrogen-bond donors (Lipinski definition) is 2. The third-order valence-corrected chi connectivity index (χ3v) is 5.52. The molecule has 8 nitrogen and oxygen atoms in total. The first-order chi connectivity index (χ1) is 17.7. The Hall–Kier alpha value is -4.93. The highest BCUT2D eigenvalue weighted by Gasteiger charge is 2.30. The Morgan fingerprint density at radius 3 is 2.59 bits per heavy atom. The lowest BCUT2D eigenvalue weighted by Gasteiger charge is -2.12. The van der Waals surface area contributed by atoms with E-state index in [1.165, 1.54) is 19.1 Å². The van der Waals surface area contributed by atoms with Crippen LogP contribution in [-0.2, 0) is 6.18 Å². The summed E-state index contributed by atoms with van der Waals surface area (Å²) in [7, 11) is 0. The van der Waals surface area contributed by atoms with Crippen LogP contribution < -0.4 is 15.6 Å². The van der Waals surface area contributed by atoms with E-state index in [0.29, 0.717) is 22.8 Å². The molecule has 0 spiro atoms. The third kappa shape index (κ3) is 4.92. The molecule has 0 atom stereocenters. The maximum absolute atomic E-state index is 13.1. The monoisotopic (exact) mass is 505 g/mol. The number of hydrogen-bond acceptors (Lipinski definition) is 5. The maximum atomic E-state index is 13.1. The first kappa shape index (κ1) is 23.8. The number of ether oxygens (including phenoxy) is 1. The number of carbonyl (C=O) groups excluding carboxylic acids is 1. The Morgan fingerprint density at radius 2 is 1.84 bits per heavy atom. The molecule has 2 aromatic carbocycles. The maximum Gasteiger partial charge on any atom is 0.416 e. The number of benzene rings is 2. The molecule has 5 aromatic rings. The van der Waals surface area contributed by atoms with Crippen LogP contribution in [0.4, 0.5) is 18.9 Å². The Kier molecular flexibility index (Phi) is 5.96. The zero-order chi connectivity index (χ0) is 26.2. The number of nitrogens with one attached hydrogen (secondary N) is 2. The van der Waals surface area contributed by atoms with Gasteiger partial charge in [0, 0.05) is 24.1 Å². The van der Waals surface area contributed by atoms with Crippen LogP contribution in [0.2, 0.25) is 0 Å². The Labute approximate surface area is 207 Å². The summed E-state index contributed by atoms with van der Waals surface area (Å²) in [6, 6.07) is 15.5. The highest BCUT2D eigenvalue weighted by atomic mass is 19.4. The average Bonchev–Trinajstić information content (AvgIpc) is 3.35. The van der Waals surface area contributed by atoms with Gasteiger partial charge in [0.05, 0.1) is 16.6 Å². The summed E-state index contributed by atoms with van der Waals surface area (Å²) in [5, 5.41) is 7.55. The number of H-pyrrole nitrogens is 1. The molecular formula is C26H18F3N5O3. The van der Waals surface area contributed by atoms with Gasteiger partial charge >= 0.3 is 6.18 Å². The van der Waals surface area contributed by atoms with Gasteiger partial charge in [-0.05, 0) is 67.1 Å². The van der Waals surface area contributed by atoms with Crippen LogP contribution in [0.3, 0.4) is 0 Å². The number of aryl methyl sites for hydroxylation is 1. The van der Waals surface area contributed by atoms with Gasteiger partial charge in [0.2, 0.25) is 0 Å². The number of halogens is 3. The molecule has 0 aliphatic carbocycles. The van der Waals surface area contributed by atoms with Crippen molar-refractivity contribution in [3.05, 3.63) is 106 Å². The predicted molar refractivity (Wildman–Crippen MR) is 130 cm³/mol. The number of aromatic amines is 1. The van der Waals surface area contributed by atoms with Crippen LogP contribution >= 0.6 is 0 Å². The minimum atomic E-state index is -4.59. The van der Waals surface area contributed by atoms with Crippen LogP contribution in [-0.4, -0.2) is 25.7 Å². The van der Waals surface area contributed by atoms with Crippen molar-refractivity contribution in [2.75, 3.05) is 5.32 Å². The molecule has 0 unspecified atom stereocenters. The van der Waals surface area contributed by atoms with Crippen molar-refractivity contribution in [2.45, 2.75) is 13.1 Å². The largest absolute Gasteiger partial charge is 0.457 e. The van der Waals surface area contributed by atoms with E-state index in [1.54, 1.807) is 42.7 Å². The predicted octanol–water partition coefficient (Wildman–Crippen LogP) is 5.48. The van der Waals surface area contributed by atoms with Gasteiger partial charge in [0.1, 0.15) is 17.1 Å². The second-order valence-corrected chi connectivity index (χ2v) is 8.10. The molecular weight excluding hydrogens is 487 g/mol. The normalized spacial score (nSPS) is 11.5. The number of carbonyl (C=O) groups is 1. The van der Waals surface area contributed by atoms with E-state index in [-0.39, 0.29) is 16.9 Å². The molecule has 3 heterocycles. The van der Waals surface area contributed by atoms with E-state index in [1.807, 2.05) is 6.07 Å². The van der Waals surface area contributed by atoms with E-state index in [4.69, 9.17) is 4.74 Å². The number of nitrogens with zero attached hydrogens (tertiary/aromatic N) is 3. The molecule has 3 aromatic heterocycles. The van der Waals surface area contributed by atoms with Crippen LogP contribution in [0, 0.1) is 6.92 Å². The van der Waals surface area contributed by atoms with Crippen molar-refractivity contribution in [1.82, 2.24) is 19.7 Å². The topological polar surface area (TPSA) is 102 Å². The number of alkyl halides is 3. The van der Waals surface area contributed by atoms with Crippen LogP contribution in [0.5, 0.6) is 11.5 Å². The smallest absolute Gasteiger partial charge is 0.416 e. The summed E-state index contributed by atoms with van der Waals surface area (Å²) in [5.41, 5.74) is -0.419. The SMILES string of the molecule is Cc1cc(=O)n(-c2cccc(C(F)(F)F)c2)nc1C(=O)Nc1ccc(Oc2ccnc3[nH]ccc23)cc1. The van der Waals surface area contributed by atoms with E-state index in [9.17, 15) is 22.8 Å². The fourth-order valence-electron chi connectivity index (χ4n) is 3.71. The second kappa shape index (κ2) is 9.26. The molecule has 0 saturated heterocycles. The van der Waals surface area contributed by atoms with Gasteiger partial charge in [-0.1, -0.05) is 6.07 Å². The van der Waals surface area contributed by atoms with E-state index in [0.717, 1.165) is 28.3 Å². The average molecular weight is 505 g/mol. The van der Waals surface area contributed by atoms with Crippen LogP contribution in [0.25, 0.3) is 16.7 Å². The molecule has 2 N–H and O–H groups in total. The Morgan fingerprint density at radius 1 is 1.05 bits per heavy atom. The van der Waals surface area contributed by atoms with Crippen LogP contribution in [0.1, 0.15) is 21.6 Å². The summed E-state index contributed by atoms with van der Waals surface area (Å²) in [5.74, 6) is 0.508. The van der Waals surface area contributed by atoms with Crippen LogP contribution in [0.15, 0.2) is 83.9 Å². The van der Waals surface area contributed by atoms with Gasteiger partial charge in [-0.2, -0.15) is 23.0 Å². The van der Waals surface area contributed by atoms with Gasteiger partial charge in [-0.3, -0.25) is 9.59 Å². The lowest BCUT2D eigenvalue weighted by molar-refractivity contribution is -0.137. The number of aromatic nitrogens is 4. The summed E-state index contributed by atoms with van der Waals surface area (Å²) in [6.07, 6.45) is -1.21. The number of pyridine rings is 1. The first-order valence-electron chi connectivity index (χ1n) is 11.0. The minimum Gasteiger partial charge on any atom is -0.457 e. The third-order valence-electron chi connectivity index (χ3n) is 5.52. The fourth-order valence-corrected chi connectivity index (χ4v) is 3.71. The lowest BCUT2D eigenvalue weighted by Crippen LogP contribution is -2.27. The molecule has 0 radical (unpaired) electrons. The molecule has 0 bridgehead atoms. The molecule has 0 fully saturated rings. The summed E-state index contributed by atoms with van der Waals surface area (Å²) in [4.78, 5) is 32.6. The summed E-state index contributed by atoms with van der Waals surface area (Å²) in [6.45, 7) is 1.52. The van der Waals surface area contributed by atoms with Crippen molar-refractivity contribution < 1.29 is 22.7 Å².